The molecule has 0 aromatic rings. The van der Waals surface area contributed by atoms with Crippen LogP contribution < -0.4 is 0 Å². The summed E-state index contributed by atoms with van der Waals surface area (Å²) in [6, 6.07) is 0. The number of terminal acetylenes is 1. The Balaban J connectivity index is 1.67. The van der Waals surface area contributed by atoms with E-state index in [-0.39, 0.29) is 11.0 Å². The van der Waals surface area contributed by atoms with E-state index in [0.717, 1.165) is 57.8 Å². The van der Waals surface area contributed by atoms with Crippen LogP contribution in [-0.4, -0.2) is 29.2 Å². The van der Waals surface area contributed by atoms with Gasteiger partial charge in [-0.15, -0.1) is 6.42 Å². The van der Waals surface area contributed by atoms with Crippen molar-refractivity contribution in [3.05, 3.63) is 0 Å². The minimum absolute atomic E-state index is 0.0968. The molecule has 4 aliphatic carbocycles. The normalized spacial score (nSPS) is 52.0. The van der Waals surface area contributed by atoms with Crippen molar-refractivity contribution in [1.29, 1.82) is 0 Å². The lowest BCUT2D eigenvalue weighted by molar-refractivity contribution is -0.182. The molecule has 0 saturated heterocycles. The third kappa shape index (κ3) is 2.17. The second-order valence-electron chi connectivity index (χ2n) is 9.19. The maximum atomic E-state index is 12.1. The zero-order chi connectivity index (χ0) is 17.9. The lowest BCUT2D eigenvalue weighted by Crippen LogP contribution is -2.59. The van der Waals surface area contributed by atoms with Gasteiger partial charge in [0.1, 0.15) is 11.4 Å². The van der Waals surface area contributed by atoms with E-state index in [0.29, 0.717) is 35.9 Å². The highest BCUT2D eigenvalue weighted by molar-refractivity contribution is 5.80. The van der Waals surface area contributed by atoms with Gasteiger partial charge in [-0.25, -0.2) is 0 Å². The van der Waals surface area contributed by atoms with Gasteiger partial charge in [0.2, 0.25) is 0 Å². The molecule has 0 spiro atoms. The molecule has 3 heteroatoms. The summed E-state index contributed by atoms with van der Waals surface area (Å²) in [5.74, 6) is 5.47. The largest absolute Gasteiger partial charge is 0.377 e. The molecule has 0 aromatic carbocycles. The molecule has 3 nitrogen and oxygen atoms in total. The van der Waals surface area contributed by atoms with Crippen LogP contribution in [0.25, 0.3) is 0 Å². The maximum absolute atomic E-state index is 12.1. The van der Waals surface area contributed by atoms with E-state index in [4.69, 9.17) is 11.2 Å². The standard InChI is InChI=1S/C22H32O3/c1-4-20-11-8-17-16(18(20)10-13-22(20,24)5-2)9-12-21(25-3)14-15(23)6-7-19(17)21/h2,16-19,24H,4,6-14H2,1,3H3/t16-,17+,18+,19-,20+,21-,22+/m1/s1. The quantitative estimate of drug-likeness (QED) is 0.777. The summed E-state index contributed by atoms with van der Waals surface area (Å²) >= 11 is 0. The van der Waals surface area contributed by atoms with Crippen LogP contribution in [0.5, 0.6) is 0 Å². The lowest BCUT2D eigenvalue weighted by atomic mass is 9.47. The highest BCUT2D eigenvalue weighted by atomic mass is 16.5. The number of fused-ring (bicyclic) bond motifs is 5. The van der Waals surface area contributed by atoms with Crippen LogP contribution in [0.15, 0.2) is 0 Å². The van der Waals surface area contributed by atoms with E-state index >= 15 is 0 Å². The van der Waals surface area contributed by atoms with Crippen molar-refractivity contribution >= 4 is 5.78 Å². The van der Waals surface area contributed by atoms with Crippen LogP contribution in [0.2, 0.25) is 0 Å². The highest BCUT2D eigenvalue weighted by Gasteiger charge is 2.65. The molecule has 4 fully saturated rings. The van der Waals surface area contributed by atoms with Crippen LogP contribution in [0.3, 0.4) is 0 Å². The average Bonchev–Trinajstić information content (AvgIpc) is 2.95. The van der Waals surface area contributed by atoms with Gasteiger partial charge in [-0.2, -0.15) is 0 Å². The molecular weight excluding hydrogens is 312 g/mol. The van der Waals surface area contributed by atoms with Crippen molar-refractivity contribution in [2.75, 3.05) is 7.11 Å². The van der Waals surface area contributed by atoms with Crippen LogP contribution in [0.4, 0.5) is 0 Å². The number of methoxy groups -OCH3 is 1. The summed E-state index contributed by atoms with van der Waals surface area (Å²) in [4.78, 5) is 12.1. The molecule has 0 amide bonds. The van der Waals surface area contributed by atoms with Crippen molar-refractivity contribution < 1.29 is 14.6 Å². The van der Waals surface area contributed by atoms with Gasteiger partial charge in [0.15, 0.2) is 0 Å². The number of ketones is 1. The molecule has 138 valence electrons. The molecule has 0 heterocycles. The number of Topliss-reactive ketones (excluding diaryl/α,β-unsaturated/α-hetero) is 1. The number of ether oxygens (including phenoxy) is 1. The SMILES string of the molecule is C#C[C@]1(O)CC[C@H]2[C@@H]3CC[C@@]4(OC)CC(=O)CC[C@@H]4[C@H]3CC[C@@]21CC. The molecule has 4 rings (SSSR count). The van der Waals surface area contributed by atoms with Gasteiger partial charge < -0.3 is 9.84 Å². The molecule has 1 N–H and O–H groups in total. The predicted octanol–water partition coefficient (Wildman–Crippen LogP) is 3.73. The molecule has 0 bridgehead atoms. The van der Waals surface area contributed by atoms with Crippen molar-refractivity contribution in [2.45, 2.75) is 82.3 Å². The van der Waals surface area contributed by atoms with Crippen molar-refractivity contribution in [3.63, 3.8) is 0 Å². The molecule has 0 unspecified atom stereocenters. The zero-order valence-corrected chi connectivity index (χ0v) is 15.7. The van der Waals surface area contributed by atoms with Gasteiger partial charge in [0.25, 0.3) is 0 Å². The van der Waals surface area contributed by atoms with Crippen molar-refractivity contribution in [3.8, 4) is 12.3 Å². The number of hydrogen-bond acceptors (Lipinski definition) is 3. The monoisotopic (exact) mass is 344 g/mol. The second-order valence-corrected chi connectivity index (χ2v) is 9.19. The van der Waals surface area contributed by atoms with Crippen molar-refractivity contribution in [2.24, 2.45) is 29.1 Å². The summed E-state index contributed by atoms with van der Waals surface area (Å²) in [7, 11) is 1.80. The van der Waals surface area contributed by atoms with Gasteiger partial charge in [0, 0.05) is 25.4 Å². The number of carbonyl (C=O) groups excluding carboxylic acids is 1. The minimum Gasteiger partial charge on any atom is -0.377 e. The van der Waals surface area contributed by atoms with E-state index in [1.807, 2.05) is 0 Å². The first kappa shape index (κ1) is 17.6. The summed E-state index contributed by atoms with van der Waals surface area (Å²) in [5, 5.41) is 11.2. The molecule has 4 saturated carbocycles. The van der Waals surface area contributed by atoms with Gasteiger partial charge in [-0.1, -0.05) is 12.8 Å². The Kier molecular flexibility index (Phi) is 4.09. The van der Waals surface area contributed by atoms with E-state index < -0.39 is 5.60 Å². The third-order valence-corrected chi connectivity index (χ3v) is 8.94. The Morgan fingerprint density at radius 1 is 1.16 bits per heavy atom. The summed E-state index contributed by atoms with van der Waals surface area (Å²) in [5.41, 5.74) is -1.24. The first-order chi connectivity index (χ1) is 12.0. The first-order valence-corrected chi connectivity index (χ1v) is 10.2. The second kappa shape index (κ2) is 5.83. The molecular formula is C22H32O3. The summed E-state index contributed by atoms with van der Waals surface area (Å²) in [6.45, 7) is 2.21. The Bertz CT molecular complexity index is 607. The van der Waals surface area contributed by atoms with E-state index in [1.54, 1.807) is 7.11 Å². The fourth-order valence-electron chi connectivity index (χ4n) is 7.76. The van der Waals surface area contributed by atoms with Crippen LogP contribution in [-0.2, 0) is 9.53 Å². The maximum Gasteiger partial charge on any atom is 0.135 e. The van der Waals surface area contributed by atoms with Gasteiger partial charge in [-0.3, -0.25) is 4.79 Å². The molecule has 0 radical (unpaired) electrons. The fourth-order valence-corrected chi connectivity index (χ4v) is 7.76. The topological polar surface area (TPSA) is 46.5 Å². The summed E-state index contributed by atoms with van der Waals surface area (Å²) < 4.78 is 6.02. The van der Waals surface area contributed by atoms with Gasteiger partial charge in [-0.05, 0) is 75.0 Å². The van der Waals surface area contributed by atoms with E-state index in [2.05, 4.69) is 12.8 Å². The predicted molar refractivity (Wildman–Crippen MR) is 96.8 cm³/mol. The fraction of sp³-hybridized carbons (Fsp3) is 0.864. The summed E-state index contributed by atoms with van der Waals surface area (Å²) in [6.07, 6.45) is 15.2. The minimum atomic E-state index is -0.921. The Morgan fingerprint density at radius 3 is 2.56 bits per heavy atom. The molecule has 0 aliphatic heterocycles. The molecule has 4 aliphatic rings. The highest BCUT2D eigenvalue weighted by Crippen LogP contribution is 2.67. The zero-order valence-electron chi connectivity index (χ0n) is 15.7. The van der Waals surface area contributed by atoms with Crippen LogP contribution in [0, 0.1) is 41.4 Å². The number of rotatable bonds is 2. The van der Waals surface area contributed by atoms with Gasteiger partial charge in [0.05, 0.1) is 5.60 Å². The van der Waals surface area contributed by atoms with Gasteiger partial charge >= 0.3 is 0 Å². The Morgan fingerprint density at radius 2 is 1.88 bits per heavy atom. The number of aliphatic hydroxyl groups is 1. The Hall–Kier alpha value is -0.850. The van der Waals surface area contributed by atoms with Crippen LogP contribution >= 0.6 is 0 Å². The van der Waals surface area contributed by atoms with E-state index in [1.165, 1.54) is 0 Å². The average molecular weight is 344 g/mol. The first-order valence-electron chi connectivity index (χ1n) is 10.2. The van der Waals surface area contributed by atoms with Crippen molar-refractivity contribution in [1.82, 2.24) is 0 Å². The molecule has 25 heavy (non-hydrogen) atoms. The van der Waals surface area contributed by atoms with Crippen LogP contribution in [0.1, 0.15) is 71.1 Å². The van der Waals surface area contributed by atoms with E-state index in [9.17, 15) is 9.90 Å². The molecule has 7 atom stereocenters. The lowest BCUT2D eigenvalue weighted by Gasteiger charge is -2.60. The third-order valence-electron chi connectivity index (χ3n) is 8.94. The Labute approximate surface area is 151 Å². The molecule has 0 aromatic heterocycles. The number of carbonyl (C=O) groups is 1. The number of hydrogen-bond donors (Lipinski definition) is 1. The smallest absolute Gasteiger partial charge is 0.135 e.